The van der Waals surface area contributed by atoms with Crippen molar-refractivity contribution in [3.05, 3.63) is 35.3 Å². The van der Waals surface area contributed by atoms with Crippen LogP contribution in [-0.2, 0) is 16.4 Å². The van der Waals surface area contributed by atoms with Crippen molar-refractivity contribution in [3.63, 3.8) is 0 Å². The fraction of sp³-hybridized carbons (Fsp3) is 0.400. The maximum atomic E-state index is 11.5. The average Bonchev–Trinajstić information content (AvgIpc) is 2.94. The van der Waals surface area contributed by atoms with E-state index in [0.717, 1.165) is 16.3 Å². The first-order valence-corrected chi connectivity index (χ1v) is 9.64. The zero-order valence-electron chi connectivity index (χ0n) is 12.9. The second-order valence-corrected chi connectivity index (χ2v) is 8.26. The quantitative estimate of drug-likeness (QED) is 0.871. The smallest absolute Gasteiger partial charge is 0.175 e. The van der Waals surface area contributed by atoms with E-state index in [9.17, 15) is 8.42 Å². The summed E-state index contributed by atoms with van der Waals surface area (Å²) in [6.07, 6.45) is 1.20. The Morgan fingerprint density at radius 3 is 2.50 bits per heavy atom. The summed E-state index contributed by atoms with van der Waals surface area (Å²) >= 11 is 1.53. The predicted octanol–water partition coefficient (Wildman–Crippen LogP) is 2.03. The van der Waals surface area contributed by atoms with Gasteiger partial charge in [0.15, 0.2) is 9.84 Å². The lowest BCUT2D eigenvalue weighted by atomic mass is 10.2. The Hall–Kier alpha value is -1.28. The monoisotopic (exact) mass is 340 g/mol. The van der Waals surface area contributed by atoms with Crippen molar-refractivity contribution in [3.8, 4) is 10.6 Å². The molecular weight excluding hydrogens is 320 g/mol. The molecule has 120 valence electrons. The van der Waals surface area contributed by atoms with Crippen molar-refractivity contribution >= 4 is 21.2 Å². The summed E-state index contributed by atoms with van der Waals surface area (Å²) in [5.41, 5.74) is 1.84. The summed E-state index contributed by atoms with van der Waals surface area (Å²) in [4.78, 5) is 6.92. The van der Waals surface area contributed by atoms with Gasteiger partial charge >= 0.3 is 0 Å². The van der Waals surface area contributed by atoms with Crippen molar-refractivity contribution in [1.29, 1.82) is 0 Å². The summed E-state index contributed by atoms with van der Waals surface area (Å²) in [6.45, 7) is 2.73. The second-order valence-electron chi connectivity index (χ2n) is 5.39. The molecule has 1 heterocycles. The molecule has 0 fully saturated rings. The second kappa shape index (κ2) is 6.87. The fourth-order valence-corrected chi connectivity index (χ4v) is 3.36. The highest BCUT2D eigenvalue weighted by atomic mass is 32.2. The molecule has 5 nitrogen and oxygen atoms in total. The van der Waals surface area contributed by atoms with Crippen LogP contribution in [0.15, 0.2) is 34.5 Å². The number of benzene rings is 1. The third-order valence-electron chi connectivity index (χ3n) is 3.51. The van der Waals surface area contributed by atoms with Gasteiger partial charge in [-0.15, -0.1) is 11.3 Å². The fourth-order valence-electron chi connectivity index (χ4n) is 1.91. The molecule has 7 heteroatoms. The van der Waals surface area contributed by atoms with Gasteiger partial charge in [0, 0.05) is 29.8 Å². The molecule has 1 aromatic carbocycles. The van der Waals surface area contributed by atoms with Gasteiger partial charge < -0.3 is 5.11 Å². The number of sulfone groups is 1. The number of aromatic nitrogens is 1. The standard InChI is InChI=1S/C15H20N2O3S2/c1-11(9-18)17(2)8-13-10-21-15(16-13)12-4-6-14(7-5-12)22(3,19)20/h4-7,10-11,18H,8-9H2,1-3H3. The molecule has 1 aromatic heterocycles. The third kappa shape index (κ3) is 4.13. The van der Waals surface area contributed by atoms with E-state index in [1.807, 2.05) is 24.3 Å². The summed E-state index contributed by atoms with van der Waals surface area (Å²) in [5.74, 6) is 0. The van der Waals surface area contributed by atoms with Crippen LogP contribution >= 0.6 is 11.3 Å². The number of thiazole rings is 1. The maximum Gasteiger partial charge on any atom is 0.175 e. The maximum absolute atomic E-state index is 11.5. The molecule has 1 atom stereocenters. The lowest BCUT2D eigenvalue weighted by molar-refractivity contribution is 0.153. The van der Waals surface area contributed by atoms with Crippen LogP contribution in [0.4, 0.5) is 0 Å². The minimum absolute atomic E-state index is 0.0826. The molecule has 0 radical (unpaired) electrons. The van der Waals surface area contributed by atoms with E-state index in [-0.39, 0.29) is 12.6 Å². The molecular formula is C15H20N2O3S2. The predicted molar refractivity (Wildman–Crippen MR) is 88.7 cm³/mol. The van der Waals surface area contributed by atoms with Gasteiger partial charge in [-0.2, -0.15) is 0 Å². The lowest BCUT2D eigenvalue weighted by Gasteiger charge is -2.21. The molecule has 0 saturated heterocycles. The van der Waals surface area contributed by atoms with Gasteiger partial charge in [-0.3, -0.25) is 4.90 Å². The molecule has 0 saturated carbocycles. The van der Waals surface area contributed by atoms with Gasteiger partial charge in [0.25, 0.3) is 0 Å². The number of nitrogens with zero attached hydrogens (tertiary/aromatic N) is 2. The highest BCUT2D eigenvalue weighted by molar-refractivity contribution is 7.90. The molecule has 0 bridgehead atoms. The molecule has 1 N–H and O–H groups in total. The van der Waals surface area contributed by atoms with E-state index in [4.69, 9.17) is 5.11 Å². The van der Waals surface area contributed by atoms with Crippen molar-refractivity contribution in [2.24, 2.45) is 0 Å². The number of hydrogen-bond acceptors (Lipinski definition) is 6. The van der Waals surface area contributed by atoms with Crippen LogP contribution in [0, 0.1) is 0 Å². The lowest BCUT2D eigenvalue weighted by Crippen LogP contribution is -2.31. The van der Waals surface area contributed by atoms with Crippen molar-refractivity contribution in [1.82, 2.24) is 9.88 Å². The number of rotatable bonds is 6. The number of aliphatic hydroxyl groups is 1. The van der Waals surface area contributed by atoms with Crippen LogP contribution < -0.4 is 0 Å². The largest absolute Gasteiger partial charge is 0.395 e. The van der Waals surface area contributed by atoms with Crippen molar-refractivity contribution < 1.29 is 13.5 Å². The Labute approximate surface area is 135 Å². The number of aliphatic hydroxyl groups excluding tert-OH is 1. The average molecular weight is 340 g/mol. The Bertz CT molecular complexity index is 724. The van der Waals surface area contributed by atoms with Crippen LogP contribution in [0.2, 0.25) is 0 Å². The molecule has 2 aromatic rings. The zero-order valence-corrected chi connectivity index (χ0v) is 14.5. The highest BCUT2D eigenvalue weighted by Crippen LogP contribution is 2.25. The minimum Gasteiger partial charge on any atom is -0.395 e. The first-order chi connectivity index (χ1) is 10.3. The first kappa shape index (κ1) is 17.1. The topological polar surface area (TPSA) is 70.5 Å². The van der Waals surface area contributed by atoms with Gasteiger partial charge in [0.05, 0.1) is 17.2 Å². The van der Waals surface area contributed by atoms with Gasteiger partial charge in [-0.05, 0) is 26.1 Å². The van der Waals surface area contributed by atoms with E-state index in [1.54, 1.807) is 24.3 Å². The van der Waals surface area contributed by atoms with Crippen LogP contribution in [-0.4, -0.2) is 49.4 Å². The summed E-state index contributed by atoms with van der Waals surface area (Å²) in [5, 5.41) is 12.0. The van der Waals surface area contributed by atoms with Crippen LogP contribution in [0.25, 0.3) is 10.6 Å². The Morgan fingerprint density at radius 2 is 1.95 bits per heavy atom. The Kier molecular flexibility index (Phi) is 5.33. The van der Waals surface area contributed by atoms with E-state index in [2.05, 4.69) is 4.98 Å². The van der Waals surface area contributed by atoms with Gasteiger partial charge in [0.2, 0.25) is 0 Å². The molecule has 0 aliphatic heterocycles. The summed E-state index contributed by atoms with van der Waals surface area (Å²) < 4.78 is 22.9. The molecule has 0 aliphatic rings. The zero-order chi connectivity index (χ0) is 16.3. The molecule has 0 aliphatic carbocycles. The Morgan fingerprint density at radius 1 is 1.32 bits per heavy atom. The minimum atomic E-state index is -3.17. The number of hydrogen-bond donors (Lipinski definition) is 1. The first-order valence-electron chi connectivity index (χ1n) is 6.87. The van der Waals surface area contributed by atoms with Gasteiger partial charge in [-0.25, -0.2) is 13.4 Å². The van der Waals surface area contributed by atoms with Crippen molar-refractivity contribution in [2.75, 3.05) is 19.9 Å². The van der Waals surface area contributed by atoms with Gasteiger partial charge in [-0.1, -0.05) is 12.1 Å². The molecule has 0 spiro atoms. The van der Waals surface area contributed by atoms with E-state index in [1.165, 1.54) is 17.6 Å². The van der Waals surface area contributed by atoms with Crippen LogP contribution in [0.1, 0.15) is 12.6 Å². The summed E-state index contributed by atoms with van der Waals surface area (Å²) in [6, 6.07) is 6.84. The Balaban J connectivity index is 2.14. The highest BCUT2D eigenvalue weighted by Gasteiger charge is 2.12. The van der Waals surface area contributed by atoms with E-state index < -0.39 is 9.84 Å². The van der Waals surface area contributed by atoms with Crippen LogP contribution in [0.3, 0.4) is 0 Å². The summed E-state index contributed by atoms with van der Waals surface area (Å²) in [7, 11) is -1.23. The molecule has 1 unspecified atom stereocenters. The molecule has 0 amide bonds. The van der Waals surface area contributed by atoms with Gasteiger partial charge in [0.1, 0.15) is 5.01 Å². The molecule has 2 rings (SSSR count). The third-order valence-corrected chi connectivity index (χ3v) is 5.58. The normalized spacial score (nSPS) is 13.5. The van der Waals surface area contributed by atoms with E-state index in [0.29, 0.717) is 11.4 Å². The van der Waals surface area contributed by atoms with E-state index >= 15 is 0 Å². The van der Waals surface area contributed by atoms with Crippen molar-refractivity contribution in [2.45, 2.75) is 24.4 Å². The molecule has 22 heavy (non-hydrogen) atoms. The SMILES string of the molecule is CC(CO)N(C)Cc1csc(-c2ccc(S(C)(=O)=O)cc2)n1. The van der Waals surface area contributed by atoms with Crippen LogP contribution in [0.5, 0.6) is 0 Å². The number of likely N-dealkylation sites (N-methyl/N-ethyl adjacent to an activating group) is 1.